The first-order valence-electron chi connectivity index (χ1n) is 13.7. The molecule has 1 fully saturated rings. The van der Waals surface area contributed by atoms with Crippen LogP contribution in [0.2, 0.25) is 0 Å². The predicted octanol–water partition coefficient (Wildman–Crippen LogP) is 5.79. The molecule has 0 saturated carbocycles. The van der Waals surface area contributed by atoms with Crippen molar-refractivity contribution in [2.75, 3.05) is 25.5 Å². The van der Waals surface area contributed by atoms with E-state index in [1.54, 1.807) is 34.4 Å². The zero-order valence-electron chi connectivity index (χ0n) is 24.2. The molecule has 1 aliphatic heterocycles. The van der Waals surface area contributed by atoms with E-state index in [9.17, 15) is 4.79 Å². The van der Waals surface area contributed by atoms with E-state index >= 15 is 0 Å². The molecule has 0 radical (unpaired) electrons. The first-order valence-corrected chi connectivity index (χ1v) is 14.6. The summed E-state index contributed by atoms with van der Waals surface area (Å²) in [5, 5.41) is 8.56. The number of aryl methyl sites for hydroxylation is 1. The third kappa shape index (κ3) is 5.86. The second-order valence-electron chi connectivity index (χ2n) is 11.3. The molecule has 2 atom stereocenters. The molecule has 1 aliphatic rings. The fraction of sp³-hybridized carbons (Fsp3) is 0.367. The summed E-state index contributed by atoms with van der Waals surface area (Å²) in [6.45, 7) is 6.41. The van der Waals surface area contributed by atoms with Gasteiger partial charge in [-0.1, -0.05) is 0 Å². The molecule has 42 heavy (non-hydrogen) atoms. The summed E-state index contributed by atoms with van der Waals surface area (Å²) in [5.41, 5.74) is 5.68. The lowest BCUT2D eigenvalue weighted by Gasteiger charge is -2.38. The van der Waals surface area contributed by atoms with Crippen LogP contribution in [0.4, 0.5) is 16.3 Å². The molecule has 0 spiro atoms. The van der Waals surface area contributed by atoms with Gasteiger partial charge in [0.25, 0.3) is 0 Å². The van der Waals surface area contributed by atoms with Crippen LogP contribution in [0.1, 0.15) is 27.2 Å². The summed E-state index contributed by atoms with van der Waals surface area (Å²) in [6.07, 6.45) is 4.84. The normalized spacial score (nSPS) is 17.5. The van der Waals surface area contributed by atoms with Gasteiger partial charge < -0.3 is 24.4 Å². The third-order valence-electron chi connectivity index (χ3n) is 7.07. The standard InChI is InChI=1S/C30H33N7O4S/c1-30(2,3)41-29(38)37-9-8-23(25(15-37)39-5)40-24-11-18(19-13-34-36(4)14-19)10-22-27(24)28(32-16-31-22)35-20-6-7-21-26(12-20)42-17-33-21/h6-7,10-14,16-17,23,25H,8-9,15H2,1-5H3,(H,31,32,35)/t23-,25-/m1/s1. The van der Waals surface area contributed by atoms with Gasteiger partial charge in [-0.25, -0.2) is 19.7 Å². The number of nitrogens with zero attached hydrogens (tertiary/aromatic N) is 6. The molecule has 5 aromatic rings. The van der Waals surface area contributed by atoms with Gasteiger partial charge in [0.1, 0.15) is 35.7 Å². The van der Waals surface area contributed by atoms with Crippen LogP contribution in [0.5, 0.6) is 5.75 Å². The number of amides is 1. The van der Waals surface area contributed by atoms with Crippen LogP contribution < -0.4 is 10.1 Å². The predicted molar refractivity (Wildman–Crippen MR) is 162 cm³/mol. The molecule has 218 valence electrons. The van der Waals surface area contributed by atoms with Gasteiger partial charge in [-0.3, -0.25) is 4.68 Å². The number of likely N-dealkylation sites (tertiary alicyclic amines) is 1. The first-order chi connectivity index (χ1) is 20.2. The summed E-state index contributed by atoms with van der Waals surface area (Å²) in [4.78, 5) is 28.0. The number of carbonyl (C=O) groups excluding carboxylic acids is 1. The number of aromatic nitrogens is 5. The van der Waals surface area contributed by atoms with Crippen molar-refractivity contribution in [2.24, 2.45) is 7.05 Å². The Kier molecular flexibility index (Phi) is 7.42. The topological polar surface area (TPSA) is 117 Å². The van der Waals surface area contributed by atoms with Crippen molar-refractivity contribution in [3.05, 3.63) is 54.6 Å². The van der Waals surface area contributed by atoms with Crippen molar-refractivity contribution < 1.29 is 19.0 Å². The molecule has 0 unspecified atom stereocenters. The maximum atomic E-state index is 12.8. The fourth-order valence-corrected chi connectivity index (χ4v) is 5.78. The Hall–Kier alpha value is -4.29. The monoisotopic (exact) mass is 587 g/mol. The number of piperidine rings is 1. The minimum absolute atomic E-state index is 0.317. The van der Waals surface area contributed by atoms with Crippen LogP contribution in [0.15, 0.2) is 54.6 Å². The Morgan fingerprint density at radius 1 is 1.07 bits per heavy atom. The molecule has 11 nitrogen and oxygen atoms in total. The van der Waals surface area contributed by atoms with Crippen LogP contribution in [-0.4, -0.2) is 73.7 Å². The molecular weight excluding hydrogens is 554 g/mol. The highest BCUT2D eigenvalue weighted by atomic mass is 32.1. The quantitative estimate of drug-likeness (QED) is 0.264. The SMILES string of the molecule is CO[C@@H]1CN(C(=O)OC(C)(C)C)CC[C@H]1Oc1cc(-c2cnn(C)c2)cc2ncnc(Nc3ccc4ncsc4c3)c12. The Labute approximate surface area is 247 Å². The lowest BCUT2D eigenvalue weighted by atomic mass is 10.0. The average Bonchev–Trinajstić information content (AvgIpc) is 3.61. The molecule has 2 aromatic carbocycles. The maximum absolute atomic E-state index is 12.8. The van der Waals surface area contributed by atoms with E-state index < -0.39 is 5.60 Å². The number of thiazole rings is 1. The van der Waals surface area contributed by atoms with E-state index in [-0.39, 0.29) is 18.3 Å². The summed E-state index contributed by atoms with van der Waals surface area (Å²) in [7, 11) is 3.52. The first kappa shape index (κ1) is 27.9. The van der Waals surface area contributed by atoms with E-state index in [1.807, 2.05) is 70.0 Å². The van der Waals surface area contributed by atoms with Crippen molar-refractivity contribution in [3.63, 3.8) is 0 Å². The molecule has 1 amide bonds. The number of hydrogen-bond donors (Lipinski definition) is 1. The molecule has 1 N–H and O–H groups in total. The zero-order chi connectivity index (χ0) is 29.4. The lowest BCUT2D eigenvalue weighted by Crippen LogP contribution is -2.52. The van der Waals surface area contributed by atoms with Crippen LogP contribution in [0, 0.1) is 0 Å². The third-order valence-corrected chi connectivity index (χ3v) is 7.86. The van der Waals surface area contributed by atoms with Gasteiger partial charge in [0.15, 0.2) is 0 Å². The largest absolute Gasteiger partial charge is 0.487 e. The van der Waals surface area contributed by atoms with Crippen LogP contribution in [0.3, 0.4) is 0 Å². The van der Waals surface area contributed by atoms with Gasteiger partial charge in [0.05, 0.1) is 39.4 Å². The van der Waals surface area contributed by atoms with E-state index in [1.165, 1.54) is 0 Å². The van der Waals surface area contributed by atoms with E-state index in [4.69, 9.17) is 14.2 Å². The summed E-state index contributed by atoms with van der Waals surface area (Å²) in [5.74, 6) is 1.24. The van der Waals surface area contributed by atoms with Gasteiger partial charge in [0.2, 0.25) is 0 Å². The van der Waals surface area contributed by atoms with Crippen LogP contribution in [0.25, 0.3) is 32.2 Å². The summed E-state index contributed by atoms with van der Waals surface area (Å²) < 4.78 is 21.0. The van der Waals surface area contributed by atoms with Crippen molar-refractivity contribution >= 4 is 50.1 Å². The van der Waals surface area contributed by atoms with Gasteiger partial charge in [0, 0.05) is 44.6 Å². The Bertz CT molecular complexity index is 1740. The highest BCUT2D eigenvalue weighted by Crippen LogP contribution is 2.38. The van der Waals surface area contributed by atoms with E-state index in [2.05, 4.69) is 31.4 Å². The molecule has 3 aromatic heterocycles. The number of benzene rings is 2. The molecule has 6 rings (SSSR count). The number of anilines is 2. The number of rotatable bonds is 6. The Morgan fingerprint density at radius 2 is 1.93 bits per heavy atom. The highest BCUT2D eigenvalue weighted by Gasteiger charge is 2.35. The number of hydrogen-bond acceptors (Lipinski definition) is 10. The minimum Gasteiger partial charge on any atom is -0.487 e. The van der Waals surface area contributed by atoms with Crippen molar-refractivity contribution in [3.8, 4) is 16.9 Å². The van der Waals surface area contributed by atoms with Crippen LogP contribution >= 0.6 is 11.3 Å². The number of methoxy groups -OCH3 is 1. The summed E-state index contributed by atoms with van der Waals surface area (Å²) in [6, 6.07) is 10.0. The van der Waals surface area contributed by atoms with Gasteiger partial charge in [-0.2, -0.15) is 5.10 Å². The van der Waals surface area contributed by atoms with Crippen molar-refractivity contribution in [1.82, 2.24) is 29.6 Å². The number of carbonyl (C=O) groups is 1. The second-order valence-corrected chi connectivity index (χ2v) is 12.2. The van der Waals surface area contributed by atoms with Crippen molar-refractivity contribution in [1.29, 1.82) is 0 Å². The summed E-state index contributed by atoms with van der Waals surface area (Å²) >= 11 is 1.58. The molecular formula is C30H33N7O4S. The smallest absolute Gasteiger partial charge is 0.410 e. The minimum atomic E-state index is -0.577. The molecule has 1 saturated heterocycles. The fourth-order valence-electron chi connectivity index (χ4n) is 5.06. The molecule has 0 bridgehead atoms. The van der Waals surface area contributed by atoms with Gasteiger partial charge in [-0.05, 0) is 56.7 Å². The van der Waals surface area contributed by atoms with Gasteiger partial charge in [-0.15, -0.1) is 11.3 Å². The zero-order valence-corrected chi connectivity index (χ0v) is 25.0. The molecule has 12 heteroatoms. The number of fused-ring (bicyclic) bond motifs is 2. The Morgan fingerprint density at radius 3 is 2.69 bits per heavy atom. The number of ether oxygens (including phenoxy) is 3. The van der Waals surface area contributed by atoms with E-state index in [0.717, 1.165) is 37.9 Å². The van der Waals surface area contributed by atoms with E-state index in [0.29, 0.717) is 31.1 Å². The molecule has 0 aliphatic carbocycles. The Balaban J connectivity index is 1.36. The van der Waals surface area contributed by atoms with Crippen molar-refractivity contribution in [2.45, 2.75) is 45.0 Å². The maximum Gasteiger partial charge on any atom is 0.410 e. The second kappa shape index (κ2) is 11.2. The highest BCUT2D eigenvalue weighted by molar-refractivity contribution is 7.16. The van der Waals surface area contributed by atoms with Crippen LogP contribution in [-0.2, 0) is 16.5 Å². The van der Waals surface area contributed by atoms with Gasteiger partial charge >= 0.3 is 6.09 Å². The molecule has 4 heterocycles. The average molecular weight is 588 g/mol. The lowest BCUT2D eigenvalue weighted by molar-refractivity contribution is -0.0548. The number of nitrogens with one attached hydrogen (secondary N) is 1.